The normalized spacial score (nSPS) is 16.5. The van der Waals surface area contributed by atoms with Crippen LogP contribution in [0.5, 0.6) is 5.75 Å². The number of rotatable bonds is 4. The van der Waals surface area contributed by atoms with Crippen molar-refractivity contribution in [2.24, 2.45) is 0 Å². The fraction of sp³-hybridized carbons (Fsp3) is 0.310. The van der Waals surface area contributed by atoms with Crippen molar-refractivity contribution in [3.05, 3.63) is 101 Å². The molecule has 0 fully saturated rings. The number of hydrogen-bond acceptors (Lipinski definition) is 2. The predicted molar refractivity (Wildman–Crippen MR) is 136 cm³/mol. The smallest absolute Gasteiger partial charge is 0.132 e. The van der Waals surface area contributed by atoms with Crippen molar-refractivity contribution < 1.29 is 4.74 Å². The molecule has 0 saturated carbocycles. The van der Waals surface area contributed by atoms with Gasteiger partial charge >= 0.3 is 0 Å². The van der Waals surface area contributed by atoms with E-state index in [4.69, 9.17) is 4.74 Å². The van der Waals surface area contributed by atoms with Gasteiger partial charge in [-0.3, -0.25) is 0 Å². The molecule has 1 N–H and O–H groups in total. The van der Waals surface area contributed by atoms with Crippen LogP contribution in [0.1, 0.15) is 68.8 Å². The first kappa shape index (κ1) is 24.3. The van der Waals surface area contributed by atoms with E-state index in [9.17, 15) is 0 Å². The summed E-state index contributed by atoms with van der Waals surface area (Å²) in [5.41, 5.74) is 7.45. The number of allylic oxidation sites excluding steroid dienone is 6. The molecule has 0 spiro atoms. The zero-order valence-electron chi connectivity index (χ0n) is 19.9. The first-order chi connectivity index (χ1) is 15.3. The summed E-state index contributed by atoms with van der Waals surface area (Å²) < 4.78 is 5.95. The summed E-state index contributed by atoms with van der Waals surface area (Å²) in [6.45, 7) is 10.2. The number of methoxy groups -OCH3 is 1. The predicted octanol–water partition coefficient (Wildman–Crippen LogP) is 8.03. The summed E-state index contributed by atoms with van der Waals surface area (Å²) >= 11 is 0. The van der Waals surface area contributed by atoms with Crippen molar-refractivity contribution in [1.82, 2.24) is 5.32 Å². The number of ether oxygens (including phenoxy) is 1. The second-order valence-electron chi connectivity index (χ2n) is 7.00. The van der Waals surface area contributed by atoms with Crippen molar-refractivity contribution in [2.75, 3.05) is 7.11 Å². The zero-order valence-corrected chi connectivity index (χ0v) is 19.9. The number of dihydropyridines is 1. The molecule has 0 saturated heterocycles. The Morgan fingerprint density at radius 3 is 2.35 bits per heavy atom. The molecule has 0 bridgehead atoms. The maximum Gasteiger partial charge on any atom is 0.132 e. The Balaban J connectivity index is 0.000000807. The lowest BCUT2D eigenvalue weighted by Gasteiger charge is -2.26. The largest absolute Gasteiger partial charge is 0.496 e. The minimum atomic E-state index is 0.0832. The van der Waals surface area contributed by atoms with Gasteiger partial charge in [-0.05, 0) is 60.4 Å². The average molecular weight is 416 g/mol. The fourth-order valence-corrected chi connectivity index (χ4v) is 3.90. The molecular weight excluding hydrogens is 378 g/mol. The van der Waals surface area contributed by atoms with Gasteiger partial charge in [-0.1, -0.05) is 88.4 Å². The van der Waals surface area contributed by atoms with Gasteiger partial charge in [0, 0.05) is 11.1 Å². The molecule has 4 rings (SSSR count). The molecule has 1 atom stereocenters. The minimum absolute atomic E-state index is 0.0832. The van der Waals surface area contributed by atoms with Gasteiger partial charge in [-0.15, -0.1) is 0 Å². The van der Waals surface area contributed by atoms with Crippen LogP contribution in [0, 0.1) is 6.92 Å². The Kier molecular flexibility index (Phi) is 9.90. The summed E-state index contributed by atoms with van der Waals surface area (Å²) in [5.74, 6) is 0.980. The molecule has 2 aromatic carbocycles. The van der Waals surface area contributed by atoms with Crippen molar-refractivity contribution in [3.63, 3.8) is 0 Å². The highest BCUT2D eigenvalue weighted by molar-refractivity contribution is 5.78. The van der Waals surface area contributed by atoms with Gasteiger partial charge in [0.25, 0.3) is 0 Å². The molecule has 1 aliphatic heterocycles. The highest BCUT2D eigenvalue weighted by atomic mass is 16.5. The molecule has 1 heterocycles. The molecule has 1 unspecified atom stereocenters. The standard InChI is InChI=1S/C25H25NO.2C2H6/c1-18-13-14-22(20-11-7-4-8-12-20)25(27-2)24(18)23-17-21(15-16-26-23)19-9-5-3-6-10-19;2*1-2/h3-7,9-11,13-17,23,26H,8,12H2,1-2H3;2*1-2H3. The van der Waals surface area contributed by atoms with Gasteiger partial charge in [0.15, 0.2) is 0 Å². The van der Waals surface area contributed by atoms with Crippen LogP contribution in [0.3, 0.4) is 0 Å². The van der Waals surface area contributed by atoms with Gasteiger partial charge < -0.3 is 10.1 Å². The summed E-state index contributed by atoms with van der Waals surface area (Å²) in [7, 11) is 1.78. The quantitative estimate of drug-likeness (QED) is 0.545. The van der Waals surface area contributed by atoms with Crippen LogP contribution in [0.4, 0.5) is 0 Å². The fourth-order valence-electron chi connectivity index (χ4n) is 3.90. The SMILES string of the molecule is CC.CC.COc1c(C2=CC=CCC2)ccc(C)c1C1C=C(c2ccccc2)C=CN1. The number of aryl methyl sites for hydroxylation is 1. The molecular formula is C29H37NO. The maximum atomic E-state index is 5.95. The van der Waals surface area contributed by atoms with Crippen LogP contribution in [-0.4, -0.2) is 7.11 Å². The molecule has 0 radical (unpaired) electrons. The third-order valence-electron chi connectivity index (χ3n) is 5.28. The van der Waals surface area contributed by atoms with Crippen molar-refractivity contribution in [1.29, 1.82) is 0 Å². The molecule has 2 aromatic rings. The Morgan fingerprint density at radius 2 is 1.71 bits per heavy atom. The van der Waals surface area contributed by atoms with Crippen LogP contribution >= 0.6 is 0 Å². The van der Waals surface area contributed by atoms with Gasteiger partial charge in [0.05, 0.1) is 13.2 Å². The third kappa shape index (κ3) is 5.79. The highest BCUT2D eigenvalue weighted by Crippen LogP contribution is 2.40. The number of benzene rings is 2. The summed E-state index contributed by atoms with van der Waals surface area (Å²) in [4.78, 5) is 0. The van der Waals surface area contributed by atoms with Crippen molar-refractivity contribution in [3.8, 4) is 5.75 Å². The van der Waals surface area contributed by atoms with E-state index in [-0.39, 0.29) is 6.04 Å². The topological polar surface area (TPSA) is 21.3 Å². The lowest BCUT2D eigenvalue weighted by atomic mass is 9.88. The molecule has 2 aliphatic rings. The summed E-state index contributed by atoms with van der Waals surface area (Å²) in [6.07, 6.45) is 15.2. The molecule has 2 nitrogen and oxygen atoms in total. The van der Waals surface area contributed by atoms with E-state index in [0.717, 1.165) is 18.6 Å². The molecule has 2 heteroatoms. The Morgan fingerprint density at radius 1 is 0.968 bits per heavy atom. The second-order valence-corrected chi connectivity index (χ2v) is 7.00. The van der Waals surface area contributed by atoms with E-state index in [1.165, 1.54) is 33.4 Å². The molecule has 0 aromatic heterocycles. The molecule has 0 amide bonds. The zero-order chi connectivity index (χ0) is 22.6. The van der Waals surface area contributed by atoms with Gasteiger partial charge in [0.2, 0.25) is 0 Å². The van der Waals surface area contributed by atoms with Gasteiger partial charge in [-0.25, -0.2) is 0 Å². The molecule has 164 valence electrons. The van der Waals surface area contributed by atoms with Crippen LogP contribution in [-0.2, 0) is 0 Å². The van der Waals surface area contributed by atoms with Crippen molar-refractivity contribution in [2.45, 2.75) is 53.5 Å². The molecule has 1 aliphatic carbocycles. The second kappa shape index (κ2) is 12.6. The highest BCUT2D eigenvalue weighted by Gasteiger charge is 2.22. The van der Waals surface area contributed by atoms with Gasteiger partial charge in [-0.2, -0.15) is 0 Å². The van der Waals surface area contributed by atoms with Gasteiger partial charge in [0.1, 0.15) is 5.75 Å². The number of hydrogen-bond donors (Lipinski definition) is 1. The third-order valence-corrected chi connectivity index (χ3v) is 5.28. The van der Waals surface area contributed by atoms with E-state index in [1.54, 1.807) is 7.11 Å². The van der Waals surface area contributed by atoms with E-state index in [1.807, 2.05) is 33.9 Å². The monoisotopic (exact) mass is 415 g/mol. The van der Waals surface area contributed by atoms with Crippen LogP contribution in [0.25, 0.3) is 11.1 Å². The molecule has 31 heavy (non-hydrogen) atoms. The first-order valence-electron chi connectivity index (χ1n) is 11.5. The van der Waals surface area contributed by atoms with Crippen LogP contribution in [0.2, 0.25) is 0 Å². The Bertz CT molecular complexity index is 948. The van der Waals surface area contributed by atoms with E-state index >= 15 is 0 Å². The van der Waals surface area contributed by atoms with Crippen molar-refractivity contribution >= 4 is 11.1 Å². The summed E-state index contributed by atoms with van der Waals surface area (Å²) in [6, 6.07) is 15.0. The van der Waals surface area contributed by atoms with Crippen LogP contribution < -0.4 is 10.1 Å². The Labute approximate surface area is 189 Å². The average Bonchev–Trinajstić information content (AvgIpc) is 2.87. The number of nitrogens with one attached hydrogen (secondary N) is 1. The lowest BCUT2D eigenvalue weighted by Crippen LogP contribution is -2.19. The minimum Gasteiger partial charge on any atom is -0.496 e. The summed E-state index contributed by atoms with van der Waals surface area (Å²) in [5, 5.41) is 3.51. The van der Waals surface area contributed by atoms with E-state index in [2.05, 4.69) is 85.1 Å². The Hall–Kier alpha value is -3.00. The van der Waals surface area contributed by atoms with E-state index < -0.39 is 0 Å². The van der Waals surface area contributed by atoms with E-state index in [0.29, 0.717) is 0 Å². The first-order valence-corrected chi connectivity index (χ1v) is 11.5. The maximum absolute atomic E-state index is 5.95. The lowest BCUT2D eigenvalue weighted by molar-refractivity contribution is 0.404. The van der Waals surface area contributed by atoms with Crippen LogP contribution in [0.15, 0.2) is 79.0 Å².